The van der Waals surface area contributed by atoms with Crippen LogP contribution in [-0.4, -0.2) is 12.5 Å². The molecule has 2 aromatic rings. The van der Waals surface area contributed by atoms with Crippen LogP contribution in [0.4, 0.5) is 0 Å². The Kier molecular flexibility index (Phi) is 3.81. The third kappa shape index (κ3) is 2.48. The molecule has 4 heteroatoms. The van der Waals surface area contributed by atoms with Gasteiger partial charge in [0, 0.05) is 22.4 Å². The van der Waals surface area contributed by atoms with E-state index < -0.39 is 0 Å². The molecule has 2 heterocycles. The third-order valence-corrected chi connectivity index (χ3v) is 5.28. The van der Waals surface area contributed by atoms with Gasteiger partial charge in [0.2, 0.25) is 0 Å². The van der Waals surface area contributed by atoms with Gasteiger partial charge in [-0.25, -0.2) is 0 Å². The Balaban J connectivity index is 2.07. The summed E-state index contributed by atoms with van der Waals surface area (Å²) >= 11 is 7.59. The fraction of sp³-hybridized carbons (Fsp3) is 0.312. The van der Waals surface area contributed by atoms with Crippen LogP contribution in [0, 0.1) is 0 Å². The van der Waals surface area contributed by atoms with Gasteiger partial charge in [0.05, 0.1) is 4.88 Å². The van der Waals surface area contributed by atoms with Crippen molar-refractivity contribution < 1.29 is 4.79 Å². The molecule has 104 valence electrons. The monoisotopic (exact) mass is 305 g/mol. The Morgan fingerprint density at radius 1 is 1.35 bits per heavy atom. The van der Waals surface area contributed by atoms with E-state index in [0.29, 0.717) is 0 Å². The van der Waals surface area contributed by atoms with Crippen molar-refractivity contribution in [3.8, 4) is 0 Å². The molecule has 1 aromatic heterocycles. The second-order valence-electron chi connectivity index (χ2n) is 5.00. The SMILES string of the molecule is CCc1cc2c(s1)C(=O)NCCC2c1ccc(Cl)cc1. The molecular formula is C16H16ClNOS. The highest BCUT2D eigenvalue weighted by Crippen LogP contribution is 2.37. The summed E-state index contributed by atoms with van der Waals surface area (Å²) in [6.45, 7) is 2.84. The number of carbonyl (C=O) groups is 1. The molecule has 0 saturated heterocycles. The fourth-order valence-corrected chi connectivity index (χ4v) is 3.88. The first-order chi connectivity index (χ1) is 9.69. The molecule has 0 fully saturated rings. The van der Waals surface area contributed by atoms with Crippen molar-refractivity contribution in [1.29, 1.82) is 0 Å². The molecule has 0 spiro atoms. The number of fused-ring (bicyclic) bond motifs is 1. The highest BCUT2D eigenvalue weighted by Gasteiger charge is 2.26. The zero-order chi connectivity index (χ0) is 14.1. The number of amides is 1. The van der Waals surface area contributed by atoms with E-state index >= 15 is 0 Å². The van der Waals surface area contributed by atoms with Gasteiger partial charge in [0.25, 0.3) is 5.91 Å². The number of halogens is 1. The fourth-order valence-electron chi connectivity index (χ4n) is 2.68. The normalized spacial score (nSPS) is 18.3. The molecule has 20 heavy (non-hydrogen) atoms. The first-order valence-corrected chi connectivity index (χ1v) is 8.04. The van der Waals surface area contributed by atoms with Crippen molar-refractivity contribution in [2.75, 3.05) is 6.54 Å². The number of benzene rings is 1. The van der Waals surface area contributed by atoms with Gasteiger partial charge in [0.1, 0.15) is 0 Å². The number of hydrogen-bond acceptors (Lipinski definition) is 2. The molecule has 3 rings (SSSR count). The van der Waals surface area contributed by atoms with Gasteiger partial charge in [-0.05, 0) is 42.2 Å². The summed E-state index contributed by atoms with van der Waals surface area (Å²) in [4.78, 5) is 14.3. The second-order valence-corrected chi connectivity index (χ2v) is 6.57. The van der Waals surface area contributed by atoms with Gasteiger partial charge in [-0.15, -0.1) is 11.3 Å². The van der Waals surface area contributed by atoms with E-state index in [-0.39, 0.29) is 11.8 Å². The Morgan fingerprint density at radius 2 is 2.10 bits per heavy atom. The van der Waals surface area contributed by atoms with Crippen molar-refractivity contribution in [3.05, 3.63) is 56.2 Å². The van der Waals surface area contributed by atoms with Gasteiger partial charge >= 0.3 is 0 Å². The molecule has 1 aromatic carbocycles. The summed E-state index contributed by atoms with van der Waals surface area (Å²) in [5, 5.41) is 3.74. The largest absolute Gasteiger partial charge is 0.351 e. The van der Waals surface area contributed by atoms with E-state index in [0.717, 1.165) is 29.3 Å². The van der Waals surface area contributed by atoms with Crippen LogP contribution < -0.4 is 5.32 Å². The number of carbonyl (C=O) groups excluding carboxylic acids is 1. The molecule has 1 aliphatic heterocycles. The molecule has 0 saturated carbocycles. The molecule has 1 amide bonds. The quantitative estimate of drug-likeness (QED) is 0.884. The first kappa shape index (κ1) is 13.7. The van der Waals surface area contributed by atoms with Gasteiger partial charge in [-0.3, -0.25) is 4.79 Å². The summed E-state index contributed by atoms with van der Waals surface area (Å²) < 4.78 is 0. The smallest absolute Gasteiger partial charge is 0.261 e. The summed E-state index contributed by atoms with van der Waals surface area (Å²) in [5.41, 5.74) is 2.40. The lowest BCUT2D eigenvalue weighted by Gasteiger charge is -2.15. The number of nitrogens with one attached hydrogen (secondary N) is 1. The highest BCUT2D eigenvalue weighted by molar-refractivity contribution is 7.14. The zero-order valence-electron chi connectivity index (χ0n) is 11.3. The van der Waals surface area contributed by atoms with Crippen molar-refractivity contribution >= 4 is 28.8 Å². The number of hydrogen-bond donors (Lipinski definition) is 1. The minimum atomic E-state index is 0.0705. The summed E-state index contributed by atoms with van der Waals surface area (Å²) in [6, 6.07) is 10.2. The van der Waals surface area contributed by atoms with Crippen LogP contribution in [0.1, 0.15) is 44.9 Å². The second kappa shape index (κ2) is 5.58. The minimum Gasteiger partial charge on any atom is -0.351 e. The molecule has 0 aliphatic carbocycles. The molecular weight excluding hydrogens is 290 g/mol. The van der Waals surface area contributed by atoms with Crippen LogP contribution >= 0.6 is 22.9 Å². The minimum absolute atomic E-state index is 0.0705. The Morgan fingerprint density at radius 3 is 2.80 bits per heavy atom. The summed E-state index contributed by atoms with van der Waals surface area (Å²) in [7, 11) is 0. The van der Waals surface area contributed by atoms with E-state index in [9.17, 15) is 4.79 Å². The average molecular weight is 306 g/mol. The number of aryl methyl sites for hydroxylation is 1. The van der Waals surface area contributed by atoms with E-state index in [4.69, 9.17) is 11.6 Å². The molecule has 1 aliphatic rings. The van der Waals surface area contributed by atoms with Crippen molar-refractivity contribution in [1.82, 2.24) is 5.32 Å². The highest BCUT2D eigenvalue weighted by atomic mass is 35.5. The summed E-state index contributed by atoms with van der Waals surface area (Å²) in [6.07, 6.45) is 1.90. The average Bonchev–Trinajstić information content (AvgIpc) is 2.83. The lowest BCUT2D eigenvalue weighted by Crippen LogP contribution is -2.21. The molecule has 1 N–H and O–H groups in total. The maximum atomic E-state index is 12.1. The molecule has 2 nitrogen and oxygen atoms in total. The van der Waals surface area contributed by atoms with E-state index in [1.54, 1.807) is 11.3 Å². The van der Waals surface area contributed by atoms with Crippen LogP contribution in [0.2, 0.25) is 5.02 Å². The van der Waals surface area contributed by atoms with Crippen molar-refractivity contribution in [2.45, 2.75) is 25.7 Å². The maximum Gasteiger partial charge on any atom is 0.261 e. The molecule has 0 radical (unpaired) electrons. The standard InChI is InChI=1S/C16H16ClNOS/c1-2-12-9-14-13(10-3-5-11(17)6-4-10)7-8-18-16(19)15(14)20-12/h3-6,9,13H,2,7-8H2,1H3,(H,18,19). The van der Waals surface area contributed by atoms with E-state index in [2.05, 4.69) is 30.4 Å². The lowest BCUT2D eigenvalue weighted by atomic mass is 9.89. The van der Waals surface area contributed by atoms with Crippen LogP contribution in [-0.2, 0) is 6.42 Å². The number of rotatable bonds is 2. The topological polar surface area (TPSA) is 29.1 Å². The Hall–Kier alpha value is -1.32. The van der Waals surface area contributed by atoms with Crippen molar-refractivity contribution in [3.63, 3.8) is 0 Å². The lowest BCUT2D eigenvalue weighted by molar-refractivity contribution is 0.0960. The third-order valence-electron chi connectivity index (χ3n) is 3.73. The van der Waals surface area contributed by atoms with Gasteiger partial charge < -0.3 is 5.32 Å². The predicted molar refractivity (Wildman–Crippen MR) is 83.9 cm³/mol. The first-order valence-electron chi connectivity index (χ1n) is 6.85. The molecule has 1 atom stereocenters. The zero-order valence-corrected chi connectivity index (χ0v) is 12.9. The van der Waals surface area contributed by atoms with Crippen LogP contribution in [0.15, 0.2) is 30.3 Å². The van der Waals surface area contributed by atoms with Crippen LogP contribution in [0.3, 0.4) is 0 Å². The maximum absolute atomic E-state index is 12.1. The molecule has 0 bridgehead atoms. The van der Waals surface area contributed by atoms with Gasteiger partial charge in [-0.2, -0.15) is 0 Å². The van der Waals surface area contributed by atoms with Gasteiger partial charge in [-0.1, -0.05) is 30.7 Å². The Bertz CT molecular complexity index is 632. The van der Waals surface area contributed by atoms with Crippen LogP contribution in [0.25, 0.3) is 0 Å². The summed E-state index contributed by atoms with van der Waals surface area (Å²) in [5.74, 6) is 0.346. The van der Waals surface area contributed by atoms with Crippen molar-refractivity contribution in [2.24, 2.45) is 0 Å². The van der Waals surface area contributed by atoms with Crippen LogP contribution in [0.5, 0.6) is 0 Å². The van der Waals surface area contributed by atoms with E-state index in [1.807, 2.05) is 12.1 Å². The van der Waals surface area contributed by atoms with Gasteiger partial charge in [0.15, 0.2) is 0 Å². The molecule has 1 unspecified atom stereocenters. The van der Waals surface area contributed by atoms with E-state index in [1.165, 1.54) is 16.0 Å². The number of thiophene rings is 1. The predicted octanol–water partition coefficient (Wildman–Crippen LogP) is 4.23. The Labute approximate surface area is 127 Å².